The molecule has 6 heteroatoms. The second-order valence-electron chi connectivity index (χ2n) is 4.83. The zero-order chi connectivity index (χ0) is 13.2. The fourth-order valence-electron chi connectivity index (χ4n) is 2.22. The summed E-state index contributed by atoms with van der Waals surface area (Å²) in [6.07, 6.45) is 4.52. The number of nitrogens with two attached hydrogens (primary N) is 1. The van der Waals surface area contributed by atoms with Crippen molar-refractivity contribution in [2.24, 2.45) is 5.73 Å². The van der Waals surface area contributed by atoms with Gasteiger partial charge in [0.25, 0.3) is 0 Å². The molecule has 0 atom stereocenters. The summed E-state index contributed by atoms with van der Waals surface area (Å²) in [5.41, 5.74) is 6.04. The van der Waals surface area contributed by atoms with Gasteiger partial charge in [0.2, 0.25) is 11.9 Å². The summed E-state index contributed by atoms with van der Waals surface area (Å²) < 4.78 is 0. The molecule has 98 valence electrons. The average molecular weight is 269 g/mol. The molecule has 1 heterocycles. The molecule has 0 unspecified atom stereocenters. The average Bonchev–Trinajstić information content (AvgIpc) is 2.28. The summed E-state index contributed by atoms with van der Waals surface area (Å²) in [5, 5.41) is 2.98. The fourth-order valence-corrected chi connectivity index (χ4v) is 2.46. The van der Waals surface area contributed by atoms with E-state index in [0.29, 0.717) is 23.7 Å². The van der Waals surface area contributed by atoms with E-state index in [0.717, 1.165) is 19.3 Å². The molecule has 1 amide bonds. The molecule has 0 aromatic carbocycles. The van der Waals surface area contributed by atoms with E-state index in [4.69, 9.17) is 17.3 Å². The van der Waals surface area contributed by atoms with Crippen LogP contribution in [0.25, 0.3) is 0 Å². The van der Waals surface area contributed by atoms with Gasteiger partial charge in [0.15, 0.2) is 0 Å². The summed E-state index contributed by atoms with van der Waals surface area (Å²) in [7, 11) is 0. The molecule has 18 heavy (non-hydrogen) atoms. The molecule has 5 nitrogen and oxygen atoms in total. The summed E-state index contributed by atoms with van der Waals surface area (Å²) in [5.74, 6) is 0.00395. The van der Waals surface area contributed by atoms with Gasteiger partial charge in [-0.3, -0.25) is 10.1 Å². The van der Waals surface area contributed by atoms with Crippen molar-refractivity contribution in [1.29, 1.82) is 0 Å². The second kappa shape index (κ2) is 5.20. The van der Waals surface area contributed by atoms with E-state index in [1.807, 2.05) is 0 Å². The number of nitrogens with one attached hydrogen (secondary N) is 1. The Morgan fingerprint density at radius 3 is 2.67 bits per heavy atom. The topological polar surface area (TPSA) is 80.9 Å². The third-order valence-electron chi connectivity index (χ3n) is 3.25. The van der Waals surface area contributed by atoms with Gasteiger partial charge in [-0.25, -0.2) is 9.97 Å². The SMILES string of the molecule is Cc1cc(Cl)nc(NC(=O)C2(N)CCCCC2)n1. The number of aromatic nitrogens is 2. The molecule has 0 aliphatic heterocycles. The van der Waals surface area contributed by atoms with Gasteiger partial charge in [0, 0.05) is 5.69 Å². The lowest BCUT2D eigenvalue weighted by molar-refractivity contribution is -0.122. The predicted molar refractivity (Wildman–Crippen MR) is 70.4 cm³/mol. The summed E-state index contributed by atoms with van der Waals surface area (Å²) in [6, 6.07) is 1.63. The summed E-state index contributed by atoms with van der Waals surface area (Å²) in [6.45, 7) is 1.79. The smallest absolute Gasteiger partial charge is 0.246 e. The van der Waals surface area contributed by atoms with Gasteiger partial charge in [0.05, 0.1) is 5.54 Å². The second-order valence-corrected chi connectivity index (χ2v) is 5.21. The Kier molecular flexibility index (Phi) is 3.82. The molecule has 3 N–H and O–H groups in total. The van der Waals surface area contributed by atoms with Gasteiger partial charge in [-0.2, -0.15) is 0 Å². The molecule has 0 spiro atoms. The first-order valence-electron chi connectivity index (χ1n) is 6.11. The van der Waals surface area contributed by atoms with Crippen LogP contribution in [0.2, 0.25) is 5.15 Å². The lowest BCUT2D eigenvalue weighted by atomic mass is 9.82. The summed E-state index contributed by atoms with van der Waals surface area (Å²) in [4.78, 5) is 20.2. The number of carbonyl (C=O) groups is 1. The zero-order valence-electron chi connectivity index (χ0n) is 10.4. The van der Waals surface area contributed by atoms with E-state index in [1.54, 1.807) is 13.0 Å². The number of carbonyl (C=O) groups excluding carboxylic acids is 1. The molecule has 1 aliphatic carbocycles. The number of halogens is 1. The van der Waals surface area contributed by atoms with Crippen LogP contribution in [0.3, 0.4) is 0 Å². The Hall–Kier alpha value is -1.20. The molecule has 1 saturated carbocycles. The van der Waals surface area contributed by atoms with Crippen LogP contribution in [-0.4, -0.2) is 21.4 Å². The van der Waals surface area contributed by atoms with Crippen molar-refractivity contribution in [2.75, 3.05) is 5.32 Å². The van der Waals surface area contributed by atoms with Crippen LogP contribution in [0.5, 0.6) is 0 Å². The van der Waals surface area contributed by atoms with Crippen molar-refractivity contribution >= 4 is 23.5 Å². The number of aryl methyl sites for hydroxylation is 1. The highest BCUT2D eigenvalue weighted by Gasteiger charge is 2.35. The van der Waals surface area contributed by atoms with Crippen molar-refractivity contribution in [3.05, 3.63) is 16.9 Å². The highest BCUT2D eigenvalue weighted by atomic mass is 35.5. The third-order valence-corrected chi connectivity index (χ3v) is 3.44. The van der Waals surface area contributed by atoms with E-state index in [-0.39, 0.29) is 11.9 Å². The first-order chi connectivity index (χ1) is 8.49. The van der Waals surface area contributed by atoms with E-state index in [9.17, 15) is 4.79 Å². The number of hydrogen-bond donors (Lipinski definition) is 2. The van der Waals surface area contributed by atoms with Crippen LogP contribution in [0, 0.1) is 6.92 Å². The van der Waals surface area contributed by atoms with Gasteiger partial charge >= 0.3 is 0 Å². The fraction of sp³-hybridized carbons (Fsp3) is 0.583. The van der Waals surface area contributed by atoms with Crippen LogP contribution in [0.4, 0.5) is 5.95 Å². The number of amides is 1. The number of nitrogens with zero attached hydrogens (tertiary/aromatic N) is 2. The van der Waals surface area contributed by atoms with Gasteiger partial charge in [-0.05, 0) is 25.8 Å². The summed E-state index contributed by atoms with van der Waals surface area (Å²) >= 11 is 5.82. The van der Waals surface area contributed by atoms with Crippen LogP contribution in [0.1, 0.15) is 37.8 Å². The minimum absolute atomic E-state index is 0.219. The van der Waals surface area contributed by atoms with Gasteiger partial charge in [-0.1, -0.05) is 30.9 Å². The van der Waals surface area contributed by atoms with E-state index in [2.05, 4.69) is 15.3 Å². The molecule has 0 saturated heterocycles. The van der Waals surface area contributed by atoms with Crippen LogP contribution in [0.15, 0.2) is 6.07 Å². The number of rotatable bonds is 2. The molecular formula is C12H17ClN4O. The van der Waals surface area contributed by atoms with Crippen LogP contribution >= 0.6 is 11.6 Å². The molecular weight excluding hydrogens is 252 g/mol. The van der Waals surface area contributed by atoms with Gasteiger partial charge in [-0.15, -0.1) is 0 Å². The minimum Gasteiger partial charge on any atom is -0.317 e. The first kappa shape index (κ1) is 13.2. The monoisotopic (exact) mass is 268 g/mol. The van der Waals surface area contributed by atoms with Crippen molar-refractivity contribution in [2.45, 2.75) is 44.6 Å². The highest BCUT2D eigenvalue weighted by molar-refractivity contribution is 6.29. The standard InChI is InChI=1S/C12H17ClN4O/c1-8-7-9(13)16-11(15-8)17-10(18)12(14)5-3-2-4-6-12/h7H,2-6,14H2,1H3,(H,15,16,17,18). The third kappa shape index (κ3) is 2.97. The predicted octanol–water partition coefficient (Wildman–Crippen LogP) is 2.04. The Morgan fingerprint density at radius 2 is 2.06 bits per heavy atom. The maximum atomic E-state index is 12.2. The first-order valence-corrected chi connectivity index (χ1v) is 6.49. The Balaban J connectivity index is 2.10. The maximum absolute atomic E-state index is 12.2. The largest absolute Gasteiger partial charge is 0.317 e. The highest BCUT2D eigenvalue weighted by Crippen LogP contribution is 2.26. The van der Waals surface area contributed by atoms with Crippen LogP contribution in [-0.2, 0) is 4.79 Å². The zero-order valence-corrected chi connectivity index (χ0v) is 11.1. The molecule has 0 bridgehead atoms. The van der Waals surface area contributed by atoms with Crippen molar-refractivity contribution in [1.82, 2.24) is 9.97 Å². The molecule has 2 rings (SSSR count). The van der Waals surface area contributed by atoms with E-state index in [1.165, 1.54) is 0 Å². The Morgan fingerprint density at radius 1 is 1.39 bits per heavy atom. The van der Waals surface area contributed by atoms with Gasteiger partial charge < -0.3 is 5.73 Å². The molecule has 1 aromatic rings. The van der Waals surface area contributed by atoms with Crippen molar-refractivity contribution in [3.8, 4) is 0 Å². The number of anilines is 1. The van der Waals surface area contributed by atoms with Gasteiger partial charge in [0.1, 0.15) is 5.15 Å². The Bertz CT molecular complexity index is 437. The molecule has 1 fully saturated rings. The Labute approximate surface area is 111 Å². The quantitative estimate of drug-likeness (QED) is 0.805. The lowest BCUT2D eigenvalue weighted by Crippen LogP contribution is -2.52. The van der Waals surface area contributed by atoms with Crippen molar-refractivity contribution < 1.29 is 4.79 Å². The van der Waals surface area contributed by atoms with E-state index >= 15 is 0 Å². The molecule has 1 aromatic heterocycles. The normalized spacial score (nSPS) is 18.4. The molecule has 0 radical (unpaired) electrons. The lowest BCUT2D eigenvalue weighted by Gasteiger charge is -2.31. The minimum atomic E-state index is -0.794. The van der Waals surface area contributed by atoms with E-state index < -0.39 is 5.54 Å². The molecule has 1 aliphatic rings. The van der Waals surface area contributed by atoms with Crippen molar-refractivity contribution in [3.63, 3.8) is 0 Å². The maximum Gasteiger partial charge on any atom is 0.246 e. The number of hydrogen-bond acceptors (Lipinski definition) is 4. The van der Waals surface area contributed by atoms with Crippen LogP contribution < -0.4 is 11.1 Å².